The summed E-state index contributed by atoms with van der Waals surface area (Å²) in [6, 6.07) is 7.64. The first-order valence-corrected chi connectivity index (χ1v) is 9.71. The molecule has 0 aromatic carbocycles. The molecule has 0 bridgehead atoms. The summed E-state index contributed by atoms with van der Waals surface area (Å²) >= 11 is 1.38. The van der Waals surface area contributed by atoms with Crippen LogP contribution in [0.15, 0.2) is 53.7 Å². The van der Waals surface area contributed by atoms with Gasteiger partial charge in [-0.15, -0.1) is 11.3 Å². The van der Waals surface area contributed by atoms with Gasteiger partial charge in [0.25, 0.3) is 5.91 Å². The Bertz CT molecular complexity index is 1080. The summed E-state index contributed by atoms with van der Waals surface area (Å²) in [4.78, 5) is 26.8. The standard InChI is InChI=1S/C20H19N5O2S/c1-13-16-18(23-11-15-3-2-10-27-15)24-12-25-20(16)28-17(13)19(26)22-9-6-14-4-7-21-8-5-14/h2-5,7-8,10,12H,6,9,11H2,1H3,(H,22,26)(H,23,24,25). The van der Waals surface area contributed by atoms with Crippen molar-refractivity contribution in [3.8, 4) is 0 Å². The largest absolute Gasteiger partial charge is 0.467 e. The van der Waals surface area contributed by atoms with E-state index in [4.69, 9.17) is 4.42 Å². The monoisotopic (exact) mass is 393 g/mol. The van der Waals surface area contributed by atoms with E-state index in [0.29, 0.717) is 23.8 Å². The SMILES string of the molecule is Cc1c(C(=O)NCCc2ccncc2)sc2ncnc(NCc3ccco3)c12. The predicted molar refractivity (Wildman–Crippen MR) is 108 cm³/mol. The summed E-state index contributed by atoms with van der Waals surface area (Å²) < 4.78 is 5.35. The van der Waals surface area contributed by atoms with Crippen molar-refractivity contribution >= 4 is 33.3 Å². The quantitative estimate of drug-likeness (QED) is 0.499. The van der Waals surface area contributed by atoms with Gasteiger partial charge in [0, 0.05) is 18.9 Å². The lowest BCUT2D eigenvalue weighted by atomic mass is 10.2. The molecule has 2 N–H and O–H groups in total. The van der Waals surface area contributed by atoms with Gasteiger partial charge >= 0.3 is 0 Å². The molecule has 0 aliphatic carbocycles. The Morgan fingerprint density at radius 1 is 1.21 bits per heavy atom. The zero-order chi connectivity index (χ0) is 19.3. The van der Waals surface area contributed by atoms with Gasteiger partial charge in [-0.25, -0.2) is 9.97 Å². The van der Waals surface area contributed by atoms with E-state index >= 15 is 0 Å². The zero-order valence-electron chi connectivity index (χ0n) is 15.3. The molecule has 1 amide bonds. The number of nitrogens with one attached hydrogen (secondary N) is 2. The maximum atomic E-state index is 12.7. The number of hydrogen-bond donors (Lipinski definition) is 2. The molecule has 4 aromatic rings. The van der Waals surface area contributed by atoms with Crippen LogP contribution in [0.5, 0.6) is 0 Å². The number of carbonyl (C=O) groups excluding carboxylic acids is 1. The molecule has 0 atom stereocenters. The van der Waals surface area contributed by atoms with Gasteiger partial charge in [0.15, 0.2) is 0 Å². The van der Waals surface area contributed by atoms with Gasteiger partial charge < -0.3 is 15.1 Å². The highest BCUT2D eigenvalue weighted by Crippen LogP contribution is 2.33. The highest BCUT2D eigenvalue weighted by atomic mass is 32.1. The normalized spacial score (nSPS) is 10.9. The first-order chi connectivity index (χ1) is 13.7. The second kappa shape index (κ2) is 8.18. The fourth-order valence-electron chi connectivity index (χ4n) is 2.96. The van der Waals surface area contributed by atoms with Crippen molar-refractivity contribution in [2.75, 3.05) is 11.9 Å². The van der Waals surface area contributed by atoms with Crippen molar-refractivity contribution in [2.24, 2.45) is 0 Å². The number of aryl methyl sites for hydroxylation is 1. The Balaban J connectivity index is 1.49. The molecule has 0 unspecified atom stereocenters. The molecule has 0 saturated heterocycles. The number of hydrogen-bond acceptors (Lipinski definition) is 7. The first kappa shape index (κ1) is 18.1. The van der Waals surface area contributed by atoms with Gasteiger partial charge in [-0.05, 0) is 48.7 Å². The third kappa shape index (κ3) is 3.86. The van der Waals surface area contributed by atoms with Crippen molar-refractivity contribution < 1.29 is 9.21 Å². The minimum Gasteiger partial charge on any atom is -0.467 e. The van der Waals surface area contributed by atoms with E-state index in [9.17, 15) is 4.79 Å². The fraction of sp³-hybridized carbons (Fsp3) is 0.200. The number of pyridine rings is 1. The third-order valence-electron chi connectivity index (χ3n) is 4.39. The molecule has 28 heavy (non-hydrogen) atoms. The van der Waals surface area contributed by atoms with E-state index in [1.807, 2.05) is 31.2 Å². The molecule has 142 valence electrons. The average Bonchev–Trinajstić information content (AvgIpc) is 3.35. The Morgan fingerprint density at radius 3 is 2.86 bits per heavy atom. The highest BCUT2D eigenvalue weighted by molar-refractivity contribution is 7.20. The Kier molecular flexibility index (Phi) is 5.29. The fourth-order valence-corrected chi connectivity index (χ4v) is 4.02. The lowest BCUT2D eigenvalue weighted by Crippen LogP contribution is -2.25. The molecule has 4 heterocycles. The van der Waals surface area contributed by atoms with Crippen molar-refractivity contribution in [1.82, 2.24) is 20.3 Å². The number of furan rings is 1. The van der Waals surface area contributed by atoms with Gasteiger partial charge in [0.2, 0.25) is 0 Å². The molecule has 7 nitrogen and oxygen atoms in total. The molecule has 0 aliphatic rings. The molecule has 0 saturated carbocycles. The Morgan fingerprint density at radius 2 is 2.07 bits per heavy atom. The van der Waals surface area contributed by atoms with Crippen LogP contribution in [0.4, 0.5) is 5.82 Å². The van der Waals surface area contributed by atoms with Crippen LogP contribution in [-0.2, 0) is 13.0 Å². The number of carbonyl (C=O) groups is 1. The number of anilines is 1. The Hall–Kier alpha value is -3.26. The number of nitrogens with zero attached hydrogens (tertiary/aromatic N) is 3. The van der Waals surface area contributed by atoms with Gasteiger partial charge in [0.05, 0.1) is 23.1 Å². The number of fused-ring (bicyclic) bond motifs is 1. The van der Waals surface area contributed by atoms with E-state index in [2.05, 4.69) is 25.6 Å². The van der Waals surface area contributed by atoms with Crippen LogP contribution in [0.2, 0.25) is 0 Å². The lowest BCUT2D eigenvalue weighted by Gasteiger charge is -2.06. The molecule has 4 aromatic heterocycles. The van der Waals surface area contributed by atoms with Crippen LogP contribution in [0, 0.1) is 6.92 Å². The van der Waals surface area contributed by atoms with E-state index in [0.717, 1.165) is 33.5 Å². The smallest absolute Gasteiger partial charge is 0.261 e. The minimum absolute atomic E-state index is 0.0912. The van der Waals surface area contributed by atoms with Crippen LogP contribution in [0.25, 0.3) is 10.2 Å². The number of amides is 1. The molecular formula is C20H19N5O2S. The topological polar surface area (TPSA) is 92.9 Å². The summed E-state index contributed by atoms with van der Waals surface area (Å²) in [7, 11) is 0. The van der Waals surface area contributed by atoms with Crippen LogP contribution in [0.3, 0.4) is 0 Å². The van der Waals surface area contributed by atoms with Gasteiger partial charge in [-0.1, -0.05) is 0 Å². The summed E-state index contributed by atoms with van der Waals surface area (Å²) in [5.41, 5.74) is 2.02. The van der Waals surface area contributed by atoms with Crippen molar-refractivity contribution in [1.29, 1.82) is 0 Å². The third-order valence-corrected chi connectivity index (χ3v) is 5.59. The molecule has 0 spiro atoms. The second-order valence-electron chi connectivity index (χ2n) is 6.25. The second-order valence-corrected chi connectivity index (χ2v) is 7.25. The molecule has 4 rings (SSSR count). The summed E-state index contributed by atoms with van der Waals surface area (Å²) in [5, 5.41) is 7.14. The summed E-state index contributed by atoms with van der Waals surface area (Å²) in [5.74, 6) is 1.42. The number of aromatic nitrogens is 3. The van der Waals surface area contributed by atoms with Crippen LogP contribution in [0.1, 0.15) is 26.6 Å². The molecule has 0 radical (unpaired) electrons. The van der Waals surface area contributed by atoms with Crippen LogP contribution < -0.4 is 10.6 Å². The molecular weight excluding hydrogens is 374 g/mol. The predicted octanol–water partition coefficient (Wildman–Crippen LogP) is 3.57. The van der Waals surface area contributed by atoms with E-state index in [-0.39, 0.29) is 5.91 Å². The minimum atomic E-state index is -0.0912. The maximum absolute atomic E-state index is 12.7. The maximum Gasteiger partial charge on any atom is 0.261 e. The van der Waals surface area contributed by atoms with Crippen molar-refractivity contribution in [3.05, 3.63) is 71.0 Å². The molecule has 0 fully saturated rings. The molecule has 0 aliphatic heterocycles. The van der Waals surface area contributed by atoms with Crippen molar-refractivity contribution in [2.45, 2.75) is 19.9 Å². The van der Waals surface area contributed by atoms with Gasteiger partial charge in [-0.2, -0.15) is 0 Å². The lowest BCUT2D eigenvalue weighted by molar-refractivity contribution is 0.0957. The molecule has 8 heteroatoms. The van der Waals surface area contributed by atoms with E-state index in [1.165, 1.54) is 17.7 Å². The van der Waals surface area contributed by atoms with Crippen LogP contribution >= 0.6 is 11.3 Å². The van der Waals surface area contributed by atoms with Crippen LogP contribution in [-0.4, -0.2) is 27.4 Å². The summed E-state index contributed by atoms with van der Waals surface area (Å²) in [6.45, 7) is 3.01. The summed E-state index contributed by atoms with van der Waals surface area (Å²) in [6.07, 6.45) is 7.41. The first-order valence-electron chi connectivity index (χ1n) is 8.90. The Labute approximate surface area is 165 Å². The number of rotatable bonds is 7. The average molecular weight is 393 g/mol. The highest BCUT2D eigenvalue weighted by Gasteiger charge is 2.19. The van der Waals surface area contributed by atoms with Gasteiger partial charge in [-0.3, -0.25) is 9.78 Å². The number of thiophene rings is 1. The van der Waals surface area contributed by atoms with E-state index < -0.39 is 0 Å². The van der Waals surface area contributed by atoms with E-state index in [1.54, 1.807) is 18.7 Å². The van der Waals surface area contributed by atoms with Gasteiger partial charge in [0.1, 0.15) is 22.7 Å². The van der Waals surface area contributed by atoms with Crippen molar-refractivity contribution in [3.63, 3.8) is 0 Å². The zero-order valence-corrected chi connectivity index (χ0v) is 16.1.